The van der Waals surface area contributed by atoms with Crippen LogP contribution in [-0.4, -0.2) is 5.11 Å². The molecule has 1 nitrogen and oxygen atoms in total. The van der Waals surface area contributed by atoms with Crippen molar-refractivity contribution in [2.24, 2.45) is 0 Å². The molecule has 104 valence electrons. The van der Waals surface area contributed by atoms with E-state index in [-0.39, 0.29) is 0 Å². The zero-order valence-electron chi connectivity index (χ0n) is 12.3. The molecule has 3 rings (SSSR count). The Morgan fingerprint density at radius 1 is 0.800 bits per heavy atom. The van der Waals surface area contributed by atoms with Gasteiger partial charge in [-0.15, -0.1) is 0 Å². The number of benzene rings is 2. The van der Waals surface area contributed by atoms with E-state index in [1.54, 1.807) is 0 Å². The zero-order chi connectivity index (χ0) is 14.1. The van der Waals surface area contributed by atoms with Crippen LogP contribution in [0.25, 0.3) is 0 Å². The van der Waals surface area contributed by atoms with Gasteiger partial charge in [0.1, 0.15) is 6.10 Å². The second-order valence-electron chi connectivity index (χ2n) is 6.06. The molecule has 0 aromatic heterocycles. The molecule has 1 aliphatic carbocycles. The lowest BCUT2D eigenvalue weighted by atomic mass is 9.88. The molecule has 0 fully saturated rings. The van der Waals surface area contributed by atoms with E-state index >= 15 is 0 Å². The maximum Gasteiger partial charge on any atom is 0.104 e. The summed E-state index contributed by atoms with van der Waals surface area (Å²) in [5, 5.41) is 10.6. The number of hydrogen-bond donors (Lipinski definition) is 1. The number of rotatable bonds is 2. The van der Waals surface area contributed by atoms with Crippen molar-refractivity contribution in [3.63, 3.8) is 0 Å². The Bertz CT molecular complexity index is 607. The Labute approximate surface area is 121 Å². The molecule has 0 saturated heterocycles. The van der Waals surface area contributed by atoms with Crippen LogP contribution in [0.1, 0.15) is 52.3 Å². The third-order valence-corrected chi connectivity index (χ3v) is 4.25. The van der Waals surface area contributed by atoms with Crippen LogP contribution in [0.4, 0.5) is 0 Å². The lowest BCUT2D eigenvalue weighted by Crippen LogP contribution is -2.06. The highest BCUT2D eigenvalue weighted by Gasteiger charge is 2.15. The first kappa shape index (κ1) is 13.4. The minimum Gasteiger partial charge on any atom is -0.384 e. The third kappa shape index (κ3) is 2.64. The fourth-order valence-electron chi connectivity index (χ4n) is 3.28. The van der Waals surface area contributed by atoms with Crippen molar-refractivity contribution < 1.29 is 5.11 Å². The number of aryl methyl sites for hydroxylation is 4. The van der Waals surface area contributed by atoms with E-state index in [0.717, 1.165) is 17.5 Å². The molecule has 0 radical (unpaired) electrons. The molecule has 1 N–H and O–H groups in total. The van der Waals surface area contributed by atoms with Crippen LogP contribution in [0.5, 0.6) is 0 Å². The standard InChI is InChI=1S/C19H22O/c1-13-9-14(2)11-18(10-13)19(20)17-8-7-15-5-3-4-6-16(15)12-17/h7-12,19-20H,3-6H2,1-2H3. The molecule has 1 heteroatoms. The second-order valence-corrected chi connectivity index (χ2v) is 6.06. The fraction of sp³-hybridized carbons (Fsp3) is 0.368. The lowest BCUT2D eigenvalue weighted by Gasteiger charge is -2.19. The van der Waals surface area contributed by atoms with Crippen molar-refractivity contribution in [1.29, 1.82) is 0 Å². The molecule has 1 atom stereocenters. The van der Waals surface area contributed by atoms with Gasteiger partial charge >= 0.3 is 0 Å². The van der Waals surface area contributed by atoms with Gasteiger partial charge in [-0.25, -0.2) is 0 Å². The number of hydrogen-bond acceptors (Lipinski definition) is 1. The fourth-order valence-corrected chi connectivity index (χ4v) is 3.28. The largest absolute Gasteiger partial charge is 0.384 e. The third-order valence-electron chi connectivity index (χ3n) is 4.25. The Morgan fingerprint density at radius 2 is 1.45 bits per heavy atom. The van der Waals surface area contributed by atoms with Crippen molar-refractivity contribution in [3.05, 3.63) is 69.8 Å². The summed E-state index contributed by atoms with van der Waals surface area (Å²) in [6, 6.07) is 12.8. The number of aliphatic hydroxyl groups excluding tert-OH is 1. The first-order valence-electron chi connectivity index (χ1n) is 7.51. The topological polar surface area (TPSA) is 20.2 Å². The number of aliphatic hydroxyl groups is 1. The van der Waals surface area contributed by atoms with Crippen LogP contribution in [0.2, 0.25) is 0 Å². The van der Waals surface area contributed by atoms with Crippen molar-refractivity contribution >= 4 is 0 Å². The molecule has 0 heterocycles. The lowest BCUT2D eigenvalue weighted by molar-refractivity contribution is 0.220. The van der Waals surface area contributed by atoms with Crippen LogP contribution in [0.3, 0.4) is 0 Å². The summed E-state index contributed by atoms with van der Waals surface area (Å²) in [7, 11) is 0. The highest BCUT2D eigenvalue weighted by atomic mass is 16.3. The van der Waals surface area contributed by atoms with Crippen LogP contribution >= 0.6 is 0 Å². The molecule has 0 spiro atoms. The predicted octanol–water partition coefficient (Wildman–Crippen LogP) is 4.26. The SMILES string of the molecule is Cc1cc(C)cc(C(O)c2ccc3c(c2)CCCC3)c1. The average molecular weight is 266 g/mol. The summed E-state index contributed by atoms with van der Waals surface area (Å²) < 4.78 is 0. The summed E-state index contributed by atoms with van der Waals surface area (Å²) in [5.41, 5.74) is 7.33. The van der Waals surface area contributed by atoms with Gasteiger partial charge < -0.3 is 5.11 Å². The first-order valence-corrected chi connectivity index (χ1v) is 7.51. The van der Waals surface area contributed by atoms with E-state index in [0.29, 0.717) is 0 Å². The highest BCUT2D eigenvalue weighted by Crippen LogP contribution is 2.28. The van der Waals surface area contributed by atoms with Crippen LogP contribution in [0.15, 0.2) is 36.4 Å². The van der Waals surface area contributed by atoms with Gasteiger partial charge in [0.25, 0.3) is 0 Å². The van der Waals surface area contributed by atoms with E-state index in [9.17, 15) is 5.11 Å². The van der Waals surface area contributed by atoms with Gasteiger partial charge in [-0.2, -0.15) is 0 Å². The molecule has 0 saturated carbocycles. The second kappa shape index (κ2) is 5.41. The molecule has 0 amide bonds. The maximum absolute atomic E-state index is 10.6. The smallest absolute Gasteiger partial charge is 0.104 e. The maximum atomic E-state index is 10.6. The molecule has 2 aromatic carbocycles. The Hall–Kier alpha value is -1.60. The normalized spacial score (nSPS) is 15.8. The molecule has 2 aromatic rings. The van der Waals surface area contributed by atoms with Crippen LogP contribution < -0.4 is 0 Å². The van der Waals surface area contributed by atoms with Crippen molar-refractivity contribution in [1.82, 2.24) is 0 Å². The first-order chi connectivity index (χ1) is 9.63. The molecular formula is C19H22O. The van der Waals surface area contributed by atoms with Gasteiger partial charge in [0, 0.05) is 0 Å². The Morgan fingerprint density at radius 3 is 2.15 bits per heavy atom. The van der Waals surface area contributed by atoms with Crippen LogP contribution in [0, 0.1) is 13.8 Å². The summed E-state index contributed by atoms with van der Waals surface area (Å²) in [4.78, 5) is 0. The van der Waals surface area contributed by atoms with E-state index < -0.39 is 6.10 Å². The highest BCUT2D eigenvalue weighted by molar-refractivity contribution is 5.40. The summed E-state index contributed by atoms with van der Waals surface area (Å²) in [5.74, 6) is 0. The van der Waals surface area contributed by atoms with Crippen molar-refractivity contribution in [2.75, 3.05) is 0 Å². The van der Waals surface area contributed by atoms with E-state index in [2.05, 4.69) is 50.2 Å². The van der Waals surface area contributed by atoms with Gasteiger partial charge in [0.2, 0.25) is 0 Å². The van der Waals surface area contributed by atoms with Crippen LogP contribution in [-0.2, 0) is 12.8 Å². The van der Waals surface area contributed by atoms with Gasteiger partial charge in [-0.3, -0.25) is 0 Å². The molecule has 0 bridgehead atoms. The van der Waals surface area contributed by atoms with E-state index in [1.807, 2.05) is 0 Å². The van der Waals surface area contributed by atoms with Crippen molar-refractivity contribution in [3.8, 4) is 0 Å². The summed E-state index contributed by atoms with van der Waals surface area (Å²) in [6.07, 6.45) is 4.40. The monoisotopic (exact) mass is 266 g/mol. The van der Waals surface area contributed by atoms with Crippen molar-refractivity contribution in [2.45, 2.75) is 45.6 Å². The number of fused-ring (bicyclic) bond motifs is 1. The minimum absolute atomic E-state index is 0.513. The zero-order valence-corrected chi connectivity index (χ0v) is 12.3. The predicted molar refractivity (Wildman–Crippen MR) is 83.1 cm³/mol. The summed E-state index contributed by atoms with van der Waals surface area (Å²) >= 11 is 0. The minimum atomic E-state index is -0.513. The molecular weight excluding hydrogens is 244 g/mol. The van der Waals surface area contributed by atoms with Gasteiger partial charge in [-0.05, 0) is 61.8 Å². The molecule has 1 unspecified atom stereocenters. The Balaban J connectivity index is 1.95. The quantitative estimate of drug-likeness (QED) is 0.861. The van der Waals surface area contributed by atoms with E-state index in [4.69, 9.17) is 0 Å². The Kier molecular flexibility index (Phi) is 3.62. The van der Waals surface area contributed by atoms with Gasteiger partial charge in [0.05, 0.1) is 0 Å². The molecule has 1 aliphatic rings. The van der Waals surface area contributed by atoms with Gasteiger partial charge in [0.15, 0.2) is 0 Å². The summed E-state index contributed by atoms with van der Waals surface area (Å²) in [6.45, 7) is 4.16. The van der Waals surface area contributed by atoms with E-state index in [1.165, 1.54) is 41.5 Å². The molecule has 20 heavy (non-hydrogen) atoms. The van der Waals surface area contributed by atoms with Gasteiger partial charge in [-0.1, -0.05) is 47.5 Å². The average Bonchev–Trinajstić information content (AvgIpc) is 2.45. The molecule has 0 aliphatic heterocycles.